The molecule has 1 aliphatic rings. The van der Waals surface area contributed by atoms with Crippen LogP contribution in [0.4, 0.5) is 36.6 Å². The molecule has 2 aromatic carbocycles. The predicted molar refractivity (Wildman–Crippen MR) is 163 cm³/mol. The summed E-state index contributed by atoms with van der Waals surface area (Å²) in [6.07, 6.45) is 2.62. The molecule has 16 heteroatoms. The Labute approximate surface area is 262 Å². The average Bonchev–Trinajstić information content (AvgIpc) is 3.01. The number of nitrogens with zero attached hydrogens (tertiary/aromatic N) is 5. The fourth-order valence-electron chi connectivity index (χ4n) is 4.38. The van der Waals surface area contributed by atoms with Crippen LogP contribution < -0.4 is 20.3 Å². The summed E-state index contributed by atoms with van der Waals surface area (Å²) in [5.41, 5.74) is 0.144. The Morgan fingerprint density at radius 2 is 1.72 bits per heavy atom. The number of benzene rings is 2. The first-order valence-corrected chi connectivity index (χ1v) is 15.0. The molecule has 46 heavy (non-hydrogen) atoms. The number of urea groups is 1. The smallest absolute Gasteiger partial charge is 0.331 e. The lowest BCUT2D eigenvalue weighted by Gasteiger charge is -2.35. The first-order valence-electron chi connectivity index (χ1n) is 13.6. The number of halogens is 2. The summed E-state index contributed by atoms with van der Waals surface area (Å²) in [4.78, 5) is 49.1. The van der Waals surface area contributed by atoms with Crippen LogP contribution in [0.5, 0.6) is 11.5 Å². The van der Waals surface area contributed by atoms with Gasteiger partial charge in [-0.1, -0.05) is 0 Å². The lowest BCUT2D eigenvalue weighted by Crippen LogP contribution is -2.58. The average molecular weight is 652 g/mol. The Kier molecular flexibility index (Phi) is 8.93. The third kappa shape index (κ3) is 6.77. The Morgan fingerprint density at radius 3 is 2.37 bits per heavy atom. The number of anilines is 4. The summed E-state index contributed by atoms with van der Waals surface area (Å²) in [5.74, 6) is -3.63. The third-order valence-electron chi connectivity index (χ3n) is 6.82. The molecule has 2 aromatic heterocycles. The minimum Gasteiger partial charge on any atom is -0.454 e. The van der Waals surface area contributed by atoms with Gasteiger partial charge in [0.1, 0.15) is 34.0 Å². The van der Waals surface area contributed by atoms with Gasteiger partial charge in [-0.15, -0.1) is 0 Å². The van der Waals surface area contributed by atoms with Gasteiger partial charge in [0.05, 0.1) is 5.69 Å². The molecule has 238 valence electrons. The van der Waals surface area contributed by atoms with Gasteiger partial charge in [-0.3, -0.25) is 9.59 Å². The largest absolute Gasteiger partial charge is 0.454 e. The van der Waals surface area contributed by atoms with E-state index in [0.29, 0.717) is 5.82 Å². The Hall–Kier alpha value is -5.48. The van der Waals surface area contributed by atoms with E-state index in [0.717, 1.165) is 27.4 Å². The molecule has 4 aromatic rings. The van der Waals surface area contributed by atoms with Gasteiger partial charge in [0.25, 0.3) is 0 Å². The van der Waals surface area contributed by atoms with Crippen LogP contribution in [-0.2, 0) is 19.6 Å². The van der Waals surface area contributed by atoms with Crippen molar-refractivity contribution in [2.24, 2.45) is 5.92 Å². The number of rotatable bonds is 9. The van der Waals surface area contributed by atoms with E-state index >= 15 is 4.39 Å². The van der Waals surface area contributed by atoms with Gasteiger partial charge in [0.2, 0.25) is 21.8 Å². The monoisotopic (exact) mass is 651 g/mol. The van der Waals surface area contributed by atoms with Gasteiger partial charge in [-0.25, -0.2) is 41.2 Å². The van der Waals surface area contributed by atoms with Gasteiger partial charge in [-0.2, -0.15) is 0 Å². The second kappa shape index (κ2) is 12.9. The molecule has 1 saturated heterocycles. The van der Waals surface area contributed by atoms with E-state index in [1.165, 1.54) is 87.0 Å². The molecule has 0 radical (unpaired) electrons. The van der Waals surface area contributed by atoms with Crippen molar-refractivity contribution in [3.63, 3.8) is 0 Å². The molecule has 0 saturated carbocycles. The van der Waals surface area contributed by atoms with Crippen LogP contribution >= 0.6 is 0 Å². The summed E-state index contributed by atoms with van der Waals surface area (Å²) in [6, 6.07) is 13.5. The number of carbonyl (C=O) groups is 3. The van der Waals surface area contributed by atoms with Gasteiger partial charge >= 0.3 is 6.03 Å². The quantitative estimate of drug-likeness (QED) is 0.254. The lowest BCUT2D eigenvalue weighted by molar-refractivity contribution is -0.131. The van der Waals surface area contributed by atoms with Gasteiger partial charge in [0, 0.05) is 57.9 Å². The summed E-state index contributed by atoms with van der Waals surface area (Å²) in [6.45, 7) is -0.210. The predicted octanol–water partition coefficient (Wildman–Crippen LogP) is 4.19. The lowest BCUT2D eigenvalue weighted by atomic mass is 10.0. The fourth-order valence-corrected chi connectivity index (χ4v) is 5.23. The molecule has 1 aliphatic heterocycles. The van der Waals surface area contributed by atoms with Gasteiger partial charge in [0.15, 0.2) is 11.6 Å². The van der Waals surface area contributed by atoms with Crippen molar-refractivity contribution in [1.29, 1.82) is 0 Å². The van der Waals surface area contributed by atoms with Crippen LogP contribution in [0.2, 0.25) is 0 Å². The maximum Gasteiger partial charge on any atom is 0.331 e. The molecule has 13 nitrogen and oxygen atoms in total. The molecular weight excluding hydrogens is 624 g/mol. The number of hydrogen-bond acceptors (Lipinski definition) is 9. The van der Waals surface area contributed by atoms with Crippen LogP contribution in [0.1, 0.15) is 0 Å². The Balaban J connectivity index is 1.24. The number of sulfonamides is 1. The number of pyridine rings is 2. The van der Waals surface area contributed by atoms with Gasteiger partial charge < -0.3 is 20.3 Å². The molecule has 0 aliphatic carbocycles. The number of aromatic nitrogens is 2. The van der Waals surface area contributed by atoms with E-state index in [2.05, 4.69) is 20.6 Å². The molecule has 3 heterocycles. The molecule has 0 bridgehead atoms. The van der Waals surface area contributed by atoms with Crippen LogP contribution in [-0.4, -0.2) is 73.1 Å². The number of hydrogen-bond donors (Lipinski definition) is 2. The van der Waals surface area contributed by atoms with Crippen LogP contribution in [0, 0.1) is 17.6 Å². The molecule has 4 amide bonds. The molecular formula is C30H27F2N7O6S. The van der Waals surface area contributed by atoms with Crippen LogP contribution in [0.25, 0.3) is 0 Å². The highest BCUT2D eigenvalue weighted by Gasteiger charge is 2.42. The minimum absolute atomic E-state index is 0.0166. The van der Waals surface area contributed by atoms with E-state index in [1.807, 2.05) is 0 Å². The van der Waals surface area contributed by atoms with Crippen molar-refractivity contribution in [2.75, 3.05) is 43.2 Å². The first kappa shape index (κ1) is 31.9. The number of nitrogens with one attached hydrogen (secondary N) is 2. The van der Waals surface area contributed by atoms with E-state index < -0.39 is 45.4 Å². The highest BCUT2D eigenvalue weighted by atomic mass is 32.2. The molecule has 1 atom stereocenters. The fraction of sp³-hybridized carbons (Fsp3) is 0.167. The maximum atomic E-state index is 15.0. The van der Waals surface area contributed by atoms with E-state index in [9.17, 15) is 27.2 Å². The Morgan fingerprint density at radius 1 is 0.978 bits per heavy atom. The van der Waals surface area contributed by atoms with Crippen LogP contribution in [0.15, 0.2) is 84.0 Å². The zero-order valence-electron chi connectivity index (χ0n) is 24.6. The summed E-state index contributed by atoms with van der Waals surface area (Å²) in [7, 11) is 0.606. The zero-order valence-corrected chi connectivity index (χ0v) is 25.5. The Bertz CT molecular complexity index is 1910. The van der Waals surface area contributed by atoms with Crippen molar-refractivity contribution < 1.29 is 36.3 Å². The summed E-state index contributed by atoms with van der Waals surface area (Å²) >= 11 is 0. The number of imide groups is 1. The van der Waals surface area contributed by atoms with Crippen molar-refractivity contribution in [1.82, 2.24) is 19.2 Å². The van der Waals surface area contributed by atoms with Crippen molar-refractivity contribution in [3.8, 4) is 11.5 Å². The van der Waals surface area contributed by atoms with E-state index in [1.54, 1.807) is 0 Å². The van der Waals surface area contributed by atoms with E-state index in [4.69, 9.17) is 4.74 Å². The number of ether oxygens (including phenoxy) is 1. The summed E-state index contributed by atoms with van der Waals surface area (Å²) in [5, 5.41) is 5.41. The summed E-state index contributed by atoms with van der Waals surface area (Å²) < 4.78 is 59.7. The zero-order chi connectivity index (χ0) is 33.2. The van der Waals surface area contributed by atoms with E-state index in [-0.39, 0.29) is 40.1 Å². The third-order valence-corrected chi connectivity index (χ3v) is 8.62. The highest BCUT2D eigenvalue weighted by Crippen LogP contribution is 2.29. The molecule has 5 rings (SSSR count). The van der Waals surface area contributed by atoms with Crippen LogP contribution in [0.3, 0.4) is 0 Å². The second-order valence-electron chi connectivity index (χ2n) is 10.3. The molecule has 0 spiro atoms. The number of carbonyl (C=O) groups excluding carboxylic acids is 3. The second-order valence-corrected chi connectivity index (χ2v) is 12.4. The molecule has 2 N–H and O–H groups in total. The standard InChI is InChI=1S/C30H27F2N7O6S/c1-37(2)46(43,44)22-9-11-26(34-16-22)36-27-15-21(12-13-33-27)45-25-10-6-19(14-24(25)32)35-28(40)23-17-38(3)30(42)39(29(23)41)20-7-4-18(31)5-8-20/h4-16,23H,17H2,1-3H3,(H,35,40)(H,33,34,36). The minimum atomic E-state index is -3.64. The SMILES string of the molecule is CN1CC(C(=O)Nc2ccc(Oc3ccnc(Nc4ccc(S(=O)(=O)N(C)C)cn4)c3)c(F)c2)C(=O)N(c2ccc(F)cc2)C1=O. The van der Waals surface area contributed by atoms with Crippen molar-refractivity contribution >= 4 is 50.9 Å². The normalized spacial score (nSPS) is 15.2. The topological polar surface area (TPSA) is 154 Å². The first-order chi connectivity index (χ1) is 21.8. The van der Waals surface area contributed by atoms with Crippen molar-refractivity contribution in [3.05, 3.63) is 90.8 Å². The van der Waals surface area contributed by atoms with Gasteiger partial charge in [-0.05, 0) is 54.6 Å². The molecule has 1 unspecified atom stereocenters. The van der Waals surface area contributed by atoms with Crippen molar-refractivity contribution in [2.45, 2.75) is 4.90 Å². The highest BCUT2D eigenvalue weighted by molar-refractivity contribution is 7.89. The maximum absolute atomic E-state index is 15.0. The number of amides is 4. The molecule has 1 fully saturated rings.